The van der Waals surface area contributed by atoms with Crippen LogP contribution in [0.4, 0.5) is 13.2 Å². The van der Waals surface area contributed by atoms with Crippen molar-refractivity contribution in [3.05, 3.63) is 64.7 Å². The summed E-state index contributed by atoms with van der Waals surface area (Å²) in [7, 11) is -4.03. The van der Waals surface area contributed by atoms with Crippen LogP contribution in [0.5, 0.6) is 0 Å². The molecule has 176 valence electrons. The van der Waals surface area contributed by atoms with Crippen LogP contribution >= 0.6 is 11.6 Å². The van der Waals surface area contributed by atoms with Crippen molar-refractivity contribution in [1.82, 2.24) is 9.21 Å². The first kappa shape index (κ1) is 24.9. The summed E-state index contributed by atoms with van der Waals surface area (Å²) >= 11 is 5.83. The molecule has 11 heteroatoms. The van der Waals surface area contributed by atoms with Crippen molar-refractivity contribution in [2.45, 2.75) is 23.8 Å². The number of halogens is 4. The fourth-order valence-electron chi connectivity index (χ4n) is 3.38. The standard InChI is InChI=1S/C21H24ClF3N2O4S/c22-18-6-4-16(5-7-18)14-31-15-19(28)13-26-8-10-27(11-9-26)32(29,30)20-3-1-2-17(12-20)21(23,24)25/h1-7,12,19,28H,8-11,13-15H2. The quantitative estimate of drug-likeness (QED) is 0.612. The summed E-state index contributed by atoms with van der Waals surface area (Å²) in [4.78, 5) is 1.52. The summed E-state index contributed by atoms with van der Waals surface area (Å²) in [6.07, 6.45) is -5.37. The molecular weight excluding hydrogens is 469 g/mol. The highest BCUT2D eigenvalue weighted by atomic mass is 35.5. The maximum absolute atomic E-state index is 12.9. The summed E-state index contributed by atoms with van der Waals surface area (Å²) in [6.45, 7) is 1.70. The highest BCUT2D eigenvalue weighted by molar-refractivity contribution is 7.89. The number of hydrogen-bond acceptors (Lipinski definition) is 5. The van der Waals surface area contributed by atoms with Crippen LogP contribution in [0, 0.1) is 0 Å². The number of piperazine rings is 1. The molecular formula is C21H24ClF3N2O4S. The molecule has 0 radical (unpaired) electrons. The molecule has 0 spiro atoms. The van der Waals surface area contributed by atoms with Crippen LogP contribution in [-0.2, 0) is 27.5 Å². The summed E-state index contributed by atoms with van der Waals surface area (Å²) in [5.74, 6) is 0. The second-order valence-corrected chi connectivity index (χ2v) is 9.90. The molecule has 1 saturated heterocycles. The molecule has 0 amide bonds. The largest absolute Gasteiger partial charge is 0.416 e. The van der Waals surface area contributed by atoms with Gasteiger partial charge in [-0.15, -0.1) is 0 Å². The Hall–Kier alpha value is -1.69. The van der Waals surface area contributed by atoms with E-state index in [-0.39, 0.29) is 24.6 Å². The van der Waals surface area contributed by atoms with Gasteiger partial charge in [-0.2, -0.15) is 17.5 Å². The Morgan fingerprint density at radius 3 is 2.34 bits per heavy atom. The van der Waals surface area contributed by atoms with E-state index in [1.54, 1.807) is 12.1 Å². The maximum atomic E-state index is 12.9. The van der Waals surface area contributed by atoms with Crippen LogP contribution in [0.15, 0.2) is 53.4 Å². The number of aliphatic hydroxyl groups is 1. The number of hydrogen-bond donors (Lipinski definition) is 1. The van der Waals surface area contributed by atoms with E-state index in [0.29, 0.717) is 37.3 Å². The van der Waals surface area contributed by atoms with Crippen molar-refractivity contribution in [1.29, 1.82) is 0 Å². The molecule has 1 unspecified atom stereocenters. The minimum Gasteiger partial charge on any atom is -0.389 e. The molecule has 2 aromatic carbocycles. The molecule has 1 heterocycles. The lowest BCUT2D eigenvalue weighted by Crippen LogP contribution is -2.50. The van der Waals surface area contributed by atoms with Crippen molar-refractivity contribution in [3.63, 3.8) is 0 Å². The molecule has 2 aromatic rings. The van der Waals surface area contributed by atoms with Crippen molar-refractivity contribution in [3.8, 4) is 0 Å². The monoisotopic (exact) mass is 492 g/mol. The summed E-state index contributed by atoms with van der Waals surface area (Å²) in [6, 6.07) is 10.9. The molecule has 1 aliphatic rings. The molecule has 6 nitrogen and oxygen atoms in total. The zero-order valence-electron chi connectivity index (χ0n) is 17.1. The Bertz CT molecular complexity index is 995. The highest BCUT2D eigenvalue weighted by Crippen LogP contribution is 2.31. The minimum atomic E-state index is -4.62. The molecule has 32 heavy (non-hydrogen) atoms. The van der Waals surface area contributed by atoms with E-state index in [2.05, 4.69) is 0 Å². The lowest BCUT2D eigenvalue weighted by atomic mass is 10.2. The lowest BCUT2D eigenvalue weighted by Gasteiger charge is -2.34. The number of aliphatic hydroxyl groups excluding tert-OH is 1. The van der Waals surface area contributed by atoms with Gasteiger partial charge < -0.3 is 9.84 Å². The van der Waals surface area contributed by atoms with Gasteiger partial charge in [0.2, 0.25) is 10.0 Å². The number of β-amino-alcohol motifs (C(OH)–C–C–N with tert-alkyl or cyclic N) is 1. The van der Waals surface area contributed by atoms with E-state index in [4.69, 9.17) is 16.3 Å². The van der Waals surface area contributed by atoms with E-state index in [0.717, 1.165) is 17.7 Å². The minimum absolute atomic E-state index is 0.116. The number of ether oxygens (including phenoxy) is 1. The number of benzene rings is 2. The van der Waals surface area contributed by atoms with Crippen LogP contribution < -0.4 is 0 Å². The molecule has 1 aliphatic heterocycles. The first-order valence-corrected chi connectivity index (χ1v) is 11.8. The van der Waals surface area contributed by atoms with Crippen molar-refractivity contribution < 1.29 is 31.4 Å². The SMILES string of the molecule is O=S(=O)(c1cccc(C(F)(F)F)c1)N1CCN(CC(O)COCc2ccc(Cl)cc2)CC1. The van der Waals surface area contributed by atoms with Crippen molar-refractivity contribution in [2.24, 2.45) is 0 Å². The molecule has 0 aromatic heterocycles. The smallest absolute Gasteiger partial charge is 0.389 e. The zero-order chi connectivity index (χ0) is 23.4. The van der Waals surface area contributed by atoms with Gasteiger partial charge in [-0.25, -0.2) is 8.42 Å². The van der Waals surface area contributed by atoms with Gasteiger partial charge in [0.15, 0.2) is 0 Å². The van der Waals surface area contributed by atoms with E-state index >= 15 is 0 Å². The molecule has 0 saturated carbocycles. The Kier molecular flexibility index (Phi) is 8.18. The Labute approximate surface area is 190 Å². The topological polar surface area (TPSA) is 70.1 Å². The third-order valence-electron chi connectivity index (χ3n) is 5.09. The third kappa shape index (κ3) is 6.66. The van der Waals surface area contributed by atoms with Gasteiger partial charge in [-0.3, -0.25) is 4.90 Å². The second-order valence-electron chi connectivity index (χ2n) is 7.53. The molecule has 3 rings (SSSR count). The molecule has 0 bridgehead atoms. The number of alkyl halides is 3. The van der Waals surface area contributed by atoms with Crippen molar-refractivity contribution in [2.75, 3.05) is 39.3 Å². The van der Waals surface area contributed by atoms with Gasteiger partial charge in [-0.1, -0.05) is 29.8 Å². The van der Waals surface area contributed by atoms with Crippen LogP contribution in [-0.4, -0.2) is 68.2 Å². The molecule has 1 N–H and O–H groups in total. The van der Waals surface area contributed by atoms with E-state index in [9.17, 15) is 26.7 Å². The average molecular weight is 493 g/mol. The van der Waals surface area contributed by atoms with Gasteiger partial charge in [0.05, 0.1) is 29.8 Å². The number of rotatable bonds is 8. The Morgan fingerprint density at radius 1 is 1.06 bits per heavy atom. The van der Waals surface area contributed by atoms with Gasteiger partial charge >= 0.3 is 6.18 Å². The van der Waals surface area contributed by atoms with Crippen LogP contribution in [0.1, 0.15) is 11.1 Å². The van der Waals surface area contributed by atoms with Crippen LogP contribution in [0.25, 0.3) is 0 Å². The maximum Gasteiger partial charge on any atom is 0.416 e. The highest BCUT2D eigenvalue weighted by Gasteiger charge is 2.34. The van der Waals surface area contributed by atoms with Crippen molar-refractivity contribution >= 4 is 21.6 Å². The third-order valence-corrected chi connectivity index (χ3v) is 7.24. The zero-order valence-corrected chi connectivity index (χ0v) is 18.7. The normalized spacial score (nSPS) is 17.4. The summed E-state index contributed by atoms with van der Waals surface area (Å²) < 4.78 is 70.9. The van der Waals surface area contributed by atoms with Gasteiger partial charge in [0, 0.05) is 37.7 Å². The number of nitrogens with zero attached hydrogens (tertiary/aromatic N) is 2. The summed E-state index contributed by atoms with van der Waals surface area (Å²) in [5, 5.41) is 10.8. The predicted molar refractivity (Wildman–Crippen MR) is 114 cm³/mol. The Morgan fingerprint density at radius 2 is 1.72 bits per heavy atom. The second kappa shape index (κ2) is 10.5. The fraction of sp³-hybridized carbons (Fsp3) is 0.429. The summed E-state index contributed by atoms with van der Waals surface area (Å²) in [5.41, 5.74) is -0.0750. The van der Waals surface area contributed by atoms with Crippen LogP contribution in [0.3, 0.4) is 0 Å². The van der Waals surface area contributed by atoms with E-state index < -0.39 is 27.9 Å². The van der Waals surface area contributed by atoms with Gasteiger partial charge in [0.25, 0.3) is 0 Å². The molecule has 0 aliphatic carbocycles. The van der Waals surface area contributed by atoms with E-state index in [1.807, 2.05) is 17.0 Å². The first-order chi connectivity index (χ1) is 15.1. The molecule has 1 fully saturated rings. The van der Waals surface area contributed by atoms with Crippen LogP contribution in [0.2, 0.25) is 5.02 Å². The lowest BCUT2D eigenvalue weighted by molar-refractivity contribution is -0.137. The fourth-order valence-corrected chi connectivity index (χ4v) is 4.97. The first-order valence-electron chi connectivity index (χ1n) is 9.96. The van der Waals surface area contributed by atoms with Gasteiger partial charge in [-0.05, 0) is 35.9 Å². The van der Waals surface area contributed by atoms with Gasteiger partial charge in [0.1, 0.15) is 0 Å². The predicted octanol–water partition coefficient (Wildman–Crippen LogP) is 3.24. The Balaban J connectivity index is 1.47. The number of sulfonamides is 1. The molecule has 1 atom stereocenters. The van der Waals surface area contributed by atoms with E-state index in [1.165, 1.54) is 10.4 Å². The average Bonchev–Trinajstić information content (AvgIpc) is 2.75.